The Hall–Kier alpha value is -2.85. The summed E-state index contributed by atoms with van der Waals surface area (Å²) >= 11 is 0. The van der Waals surface area contributed by atoms with Gasteiger partial charge in [-0.1, -0.05) is 0 Å². The molecule has 0 atom stereocenters. The molecule has 0 radical (unpaired) electrons. The lowest BCUT2D eigenvalue weighted by Crippen LogP contribution is -2.47. The molecule has 128 valence electrons. The molecule has 3 rings (SSSR count). The summed E-state index contributed by atoms with van der Waals surface area (Å²) in [6.45, 7) is 3.64. The average molecular weight is 332 g/mol. The molecule has 0 aromatic carbocycles. The molecule has 2 aromatic heterocycles. The Morgan fingerprint density at radius 2 is 2.00 bits per heavy atom. The molecule has 1 fully saturated rings. The summed E-state index contributed by atoms with van der Waals surface area (Å²) in [7, 11) is 2.08. The van der Waals surface area contributed by atoms with Crippen molar-refractivity contribution in [1.29, 1.82) is 0 Å². The van der Waals surface area contributed by atoms with Crippen LogP contribution in [0, 0.1) is 0 Å². The van der Waals surface area contributed by atoms with Crippen molar-refractivity contribution in [3.05, 3.63) is 30.5 Å². The van der Waals surface area contributed by atoms with Gasteiger partial charge in [-0.2, -0.15) is 0 Å². The van der Waals surface area contributed by atoms with Crippen LogP contribution in [0.5, 0.6) is 0 Å². The normalized spacial score (nSPS) is 15.9. The van der Waals surface area contributed by atoms with Crippen LogP contribution in [0.2, 0.25) is 0 Å². The average Bonchev–Trinajstić information content (AvgIpc) is 3.12. The largest absolute Gasteiger partial charge is 0.459 e. The van der Waals surface area contributed by atoms with E-state index in [1.807, 2.05) is 5.01 Å². The lowest BCUT2D eigenvalue weighted by molar-refractivity contribution is 0.0935. The minimum Gasteiger partial charge on any atom is -0.459 e. The van der Waals surface area contributed by atoms with Crippen LogP contribution in [-0.4, -0.2) is 59.0 Å². The van der Waals surface area contributed by atoms with E-state index in [4.69, 9.17) is 10.2 Å². The standard InChI is InChI=1S/C14H20N8O2/c1-21-4-6-22(7-5-21)20-13-11(15)12(16-9-17-13)18-19-14(23)10-3-2-8-24-10/h2-3,8-9H,4-7,15H2,1H3,(H,19,23)(H2,16,17,18,20). The van der Waals surface area contributed by atoms with Crippen LogP contribution in [0.3, 0.4) is 0 Å². The predicted molar refractivity (Wildman–Crippen MR) is 88.9 cm³/mol. The van der Waals surface area contributed by atoms with Crippen LogP contribution in [0.25, 0.3) is 0 Å². The van der Waals surface area contributed by atoms with Gasteiger partial charge in [-0.05, 0) is 19.2 Å². The summed E-state index contributed by atoms with van der Waals surface area (Å²) in [5.74, 6) is 0.559. The third-order valence-electron chi connectivity index (χ3n) is 3.69. The lowest BCUT2D eigenvalue weighted by atomic mass is 10.4. The van der Waals surface area contributed by atoms with E-state index in [9.17, 15) is 4.79 Å². The molecule has 1 aliphatic heterocycles. The van der Waals surface area contributed by atoms with Crippen molar-refractivity contribution in [2.45, 2.75) is 0 Å². The number of amides is 1. The molecule has 10 heteroatoms. The number of carbonyl (C=O) groups excluding carboxylic acids is 1. The molecular formula is C14H20N8O2. The van der Waals surface area contributed by atoms with E-state index in [0.29, 0.717) is 17.3 Å². The Labute approximate surface area is 139 Å². The third-order valence-corrected chi connectivity index (χ3v) is 3.69. The number of nitrogen functional groups attached to an aromatic ring is 1. The zero-order chi connectivity index (χ0) is 16.9. The summed E-state index contributed by atoms with van der Waals surface area (Å²) in [4.78, 5) is 22.3. The van der Waals surface area contributed by atoms with Crippen molar-refractivity contribution in [2.75, 3.05) is 49.8 Å². The van der Waals surface area contributed by atoms with Gasteiger partial charge in [0.25, 0.3) is 0 Å². The number of nitrogens with zero attached hydrogens (tertiary/aromatic N) is 4. The highest BCUT2D eigenvalue weighted by atomic mass is 16.3. The van der Waals surface area contributed by atoms with Gasteiger partial charge >= 0.3 is 5.91 Å². The Balaban J connectivity index is 1.61. The summed E-state index contributed by atoms with van der Waals surface area (Å²) in [6, 6.07) is 3.19. The Bertz CT molecular complexity index is 682. The van der Waals surface area contributed by atoms with Gasteiger partial charge in [0.1, 0.15) is 12.0 Å². The van der Waals surface area contributed by atoms with Gasteiger partial charge in [0.15, 0.2) is 17.4 Å². The van der Waals surface area contributed by atoms with Gasteiger partial charge in [-0.15, -0.1) is 0 Å². The van der Waals surface area contributed by atoms with Crippen molar-refractivity contribution < 1.29 is 9.21 Å². The van der Waals surface area contributed by atoms with Crippen LogP contribution in [-0.2, 0) is 0 Å². The fourth-order valence-electron chi connectivity index (χ4n) is 2.24. The second kappa shape index (κ2) is 7.15. The number of hydrogen-bond acceptors (Lipinski definition) is 9. The number of rotatable bonds is 5. The monoisotopic (exact) mass is 332 g/mol. The number of piperazine rings is 1. The van der Waals surface area contributed by atoms with E-state index < -0.39 is 5.91 Å². The second-order valence-corrected chi connectivity index (χ2v) is 5.44. The number of hydrogen-bond donors (Lipinski definition) is 4. The molecule has 10 nitrogen and oxygen atoms in total. The number of anilines is 3. The molecule has 24 heavy (non-hydrogen) atoms. The highest BCUT2D eigenvalue weighted by molar-refractivity contribution is 5.92. The van der Waals surface area contributed by atoms with Gasteiger partial charge in [0.2, 0.25) is 0 Å². The number of nitrogens with one attached hydrogen (secondary N) is 3. The number of aromatic nitrogens is 2. The van der Waals surface area contributed by atoms with E-state index >= 15 is 0 Å². The zero-order valence-electron chi connectivity index (χ0n) is 13.3. The molecule has 0 saturated carbocycles. The molecule has 0 bridgehead atoms. The van der Waals surface area contributed by atoms with Crippen LogP contribution in [0.4, 0.5) is 17.3 Å². The van der Waals surface area contributed by atoms with Crippen LogP contribution >= 0.6 is 0 Å². The van der Waals surface area contributed by atoms with Crippen molar-refractivity contribution >= 4 is 23.2 Å². The van der Waals surface area contributed by atoms with E-state index in [2.05, 4.69) is 38.2 Å². The highest BCUT2D eigenvalue weighted by Crippen LogP contribution is 2.22. The smallest absolute Gasteiger partial charge is 0.305 e. The number of likely N-dealkylation sites (N-methyl/N-ethyl adjacent to an activating group) is 1. The second-order valence-electron chi connectivity index (χ2n) is 5.44. The third kappa shape index (κ3) is 3.73. The van der Waals surface area contributed by atoms with Crippen molar-refractivity contribution in [3.8, 4) is 0 Å². The first-order valence-electron chi connectivity index (χ1n) is 7.54. The van der Waals surface area contributed by atoms with Crippen molar-refractivity contribution in [3.63, 3.8) is 0 Å². The number of furan rings is 1. The number of carbonyl (C=O) groups is 1. The molecule has 0 aliphatic carbocycles. The van der Waals surface area contributed by atoms with Gasteiger partial charge in [-0.3, -0.25) is 15.6 Å². The minimum atomic E-state index is -0.424. The van der Waals surface area contributed by atoms with Gasteiger partial charge in [0, 0.05) is 26.2 Å². The first kappa shape index (κ1) is 16.0. The van der Waals surface area contributed by atoms with E-state index in [1.165, 1.54) is 12.6 Å². The quantitative estimate of drug-likeness (QED) is 0.559. The fraction of sp³-hybridized carbons (Fsp3) is 0.357. The Morgan fingerprint density at radius 1 is 1.25 bits per heavy atom. The predicted octanol–water partition coefficient (Wildman–Crippen LogP) is -0.0170. The Kier molecular flexibility index (Phi) is 4.77. The maximum Gasteiger partial charge on any atom is 0.305 e. The first-order valence-corrected chi connectivity index (χ1v) is 7.54. The van der Waals surface area contributed by atoms with E-state index in [-0.39, 0.29) is 5.76 Å². The maximum atomic E-state index is 11.8. The van der Waals surface area contributed by atoms with Crippen LogP contribution in [0.15, 0.2) is 29.1 Å². The fourth-order valence-corrected chi connectivity index (χ4v) is 2.24. The molecular weight excluding hydrogens is 312 g/mol. The van der Waals surface area contributed by atoms with Crippen LogP contribution < -0.4 is 22.0 Å². The van der Waals surface area contributed by atoms with E-state index in [0.717, 1.165) is 26.2 Å². The summed E-state index contributed by atoms with van der Waals surface area (Å²) in [5, 5.41) is 2.05. The maximum absolute atomic E-state index is 11.8. The SMILES string of the molecule is CN1CCN(Nc2ncnc(NNC(=O)c3ccco3)c2N)CC1. The van der Waals surface area contributed by atoms with Crippen molar-refractivity contribution in [2.24, 2.45) is 0 Å². The lowest BCUT2D eigenvalue weighted by Gasteiger charge is -2.32. The summed E-state index contributed by atoms with van der Waals surface area (Å²) < 4.78 is 5.01. The molecule has 2 aromatic rings. The number of hydrazine groups is 2. The molecule has 5 N–H and O–H groups in total. The minimum absolute atomic E-state index is 0.186. The molecule has 0 unspecified atom stereocenters. The highest BCUT2D eigenvalue weighted by Gasteiger charge is 2.17. The van der Waals surface area contributed by atoms with Gasteiger partial charge < -0.3 is 20.5 Å². The van der Waals surface area contributed by atoms with Gasteiger partial charge in [0.05, 0.1) is 6.26 Å². The molecule has 1 aliphatic rings. The zero-order valence-corrected chi connectivity index (χ0v) is 13.3. The van der Waals surface area contributed by atoms with Crippen molar-refractivity contribution in [1.82, 2.24) is 25.3 Å². The molecule has 0 spiro atoms. The molecule has 1 amide bonds. The van der Waals surface area contributed by atoms with E-state index in [1.54, 1.807) is 12.1 Å². The summed E-state index contributed by atoms with van der Waals surface area (Å²) in [6.07, 6.45) is 2.79. The summed E-state index contributed by atoms with van der Waals surface area (Å²) in [5.41, 5.74) is 14.7. The Morgan fingerprint density at radius 3 is 2.71 bits per heavy atom. The first-order chi connectivity index (χ1) is 11.6. The van der Waals surface area contributed by atoms with Crippen LogP contribution in [0.1, 0.15) is 10.6 Å². The molecule has 1 saturated heterocycles. The molecule has 3 heterocycles. The number of nitrogens with two attached hydrogens (primary N) is 1. The topological polar surface area (TPSA) is 125 Å². The van der Waals surface area contributed by atoms with Gasteiger partial charge in [-0.25, -0.2) is 15.0 Å².